The van der Waals surface area contributed by atoms with Gasteiger partial charge in [-0.1, -0.05) is 12.7 Å². The first-order valence-corrected chi connectivity index (χ1v) is 5.71. The van der Waals surface area contributed by atoms with E-state index in [0.29, 0.717) is 24.8 Å². The molecule has 0 aromatic rings. The van der Waals surface area contributed by atoms with Crippen molar-refractivity contribution >= 4 is 23.2 Å². The van der Waals surface area contributed by atoms with Crippen molar-refractivity contribution in [2.75, 3.05) is 19.8 Å². The van der Waals surface area contributed by atoms with Gasteiger partial charge in [0.05, 0.1) is 5.04 Å². The molecule has 0 aromatic carbocycles. The fraction of sp³-hybridized carbons (Fsp3) is 0.600. The third kappa shape index (κ3) is 3.15. The van der Waals surface area contributed by atoms with Gasteiger partial charge in [0.25, 0.3) is 0 Å². The van der Waals surface area contributed by atoms with Gasteiger partial charge in [-0.3, -0.25) is 5.41 Å². The Morgan fingerprint density at radius 2 is 2.27 bits per heavy atom. The second kappa shape index (κ2) is 6.05. The number of nitrogens with two attached hydrogens (primary N) is 1. The van der Waals surface area contributed by atoms with Crippen LogP contribution in [0, 0.1) is 10.8 Å². The molecule has 15 heavy (non-hydrogen) atoms. The third-order valence-electron chi connectivity index (χ3n) is 2.63. The van der Waals surface area contributed by atoms with Crippen LogP contribution >= 0.6 is 11.9 Å². The van der Waals surface area contributed by atoms with Crippen LogP contribution in [0.5, 0.6) is 0 Å². The van der Waals surface area contributed by atoms with Crippen molar-refractivity contribution < 1.29 is 4.74 Å². The van der Waals surface area contributed by atoms with Crippen LogP contribution in [-0.2, 0) is 4.74 Å². The standard InChI is InChI=1S/C10H17N3OS/c1-2-5-13-15-9(12)10(8-11)3-6-14-7-4-10/h2,5,12H,1,3-4,6-8,11H2. The molecular weight excluding hydrogens is 210 g/mol. The van der Waals surface area contributed by atoms with E-state index in [1.807, 2.05) is 0 Å². The first-order chi connectivity index (χ1) is 7.25. The minimum absolute atomic E-state index is 0.221. The van der Waals surface area contributed by atoms with Gasteiger partial charge in [-0.25, -0.2) is 4.40 Å². The summed E-state index contributed by atoms with van der Waals surface area (Å²) in [5.41, 5.74) is 5.54. The summed E-state index contributed by atoms with van der Waals surface area (Å²) in [6, 6.07) is 0. The van der Waals surface area contributed by atoms with E-state index in [-0.39, 0.29) is 5.41 Å². The van der Waals surface area contributed by atoms with Crippen molar-refractivity contribution in [3.63, 3.8) is 0 Å². The molecule has 3 N–H and O–H groups in total. The molecule has 0 unspecified atom stereocenters. The Labute approximate surface area is 94.6 Å². The zero-order valence-corrected chi connectivity index (χ0v) is 9.55. The van der Waals surface area contributed by atoms with Crippen LogP contribution in [0.3, 0.4) is 0 Å². The predicted octanol–water partition coefficient (Wildman–Crippen LogP) is 1.62. The fourth-order valence-corrected chi connectivity index (χ4v) is 2.24. The van der Waals surface area contributed by atoms with E-state index in [4.69, 9.17) is 15.9 Å². The normalized spacial score (nSPS) is 20.3. The van der Waals surface area contributed by atoms with Crippen LogP contribution < -0.4 is 5.73 Å². The molecule has 1 fully saturated rings. The van der Waals surface area contributed by atoms with Gasteiger partial charge in [0.15, 0.2) is 0 Å². The zero-order chi connectivity index (χ0) is 11.1. The van der Waals surface area contributed by atoms with Crippen LogP contribution in [-0.4, -0.2) is 31.0 Å². The Balaban J connectivity index is 2.59. The van der Waals surface area contributed by atoms with Crippen LogP contribution in [0.15, 0.2) is 17.1 Å². The Bertz CT molecular complexity index is 259. The van der Waals surface area contributed by atoms with Crippen molar-refractivity contribution in [1.29, 1.82) is 5.41 Å². The van der Waals surface area contributed by atoms with Gasteiger partial charge in [0, 0.05) is 43.3 Å². The summed E-state index contributed by atoms with van der Waals surface area (Å²) in [7, 11) is 0. The summed E-state index contributed by atoms with van der Waals surface area (Å²) in [6.07, 6.45) is 4.82. The molecule has 0 amide bonds. The van der Waals surface area contributed by atoms with Crippen molar-refractivity contribution in [2.24, 2.45) is 15.5 Å². The number of allylic oxidation sites excluding steroid dienone is 1. The zero-order valence-electron chi connectivity index (χ0n) is 8.74. The number of rotatable bonds is 4. The summed E-state index contributed by atoms with van der Waals surface area (Å²) in [5.74, 6) is 0. The molecule has 1 aliphatic heterocycles. The van der Waals surface area contributed by atoms with Crippen LogP contribution in [0.1, 0.15) is 12.8 Å². The molecule has 0 aliphatic carbocycles. The predicted molar refractivity (Wildman–Crippen MR) is 65.5 cm³/mol. The molecular formula is C10H17N3OS. The maximum Gasteiger partial charge on any atom is 0.0945 e. The third-order valence-corrected chi connectivity index (χ3v) is 3.48. The van der Waals surface area contributed by atoms with Crippen molar-refractivity contribution in [3.05, 3.63) is 12.7 Å². The van der Waals surface area contributed by atoms with Crippen molar-refractivity contribution in [1.82, 2.24) is 0 Å². The summed E-state index contributed by atoms with van der Waals surface area (Å²) >= 11 is 1.18. The monoisotopic (exact) mass is 227 g/mol. The number of nitrogens with zero attached hydrogens (tertiary/aromatic N) is 1. The number of ether oxygens (including phenoxy) is 1. The Morgan fingerprint density at radius 1 is 1.60 bits per heavy atom. The quantitative estimate of drug-likeness (QED) is 0.435. The molecule has 1 rings (SSSR count). The Morgan fingerprint density at radius 3 is 2.80 bits per heavy atom. The van der Waals surface area contributed by atoms with E-state index in [1.54, 1.807) is 12.3 Å². The molecule has 0 atom stereocenters. The highest BCUT2D eigenvalue weighted by Crippen LogP contribution is 2.35. The lowest BCUT2D eigenvalue weighted by Crippen LogP contribution is -2.41. The van der Waals surface area contributed by atoms with Gasteiger partial charge >= 0.3 is 0 Å². The molecule has 0 aromatic heterocycles. The fourth-order valence-electron chi connectivity index (χ4n) is 1.51. The summed E-state index contributed by atoms with van der Waals surface area (Å²) < 4.78 is 9.30. The SMILES string of the molecule is C=CC=NSC(=N)C1(CN)CCOCC1. The van der Waals surface area contributed by atoms with Crippen LogP contribution in [0.2, 0.25) is 0 Å². The molecule has 0 saturated carbocycles. The lowest BCUT2D eigenvalue weighted by molar-refractivity contribution is 0.0496. The van der Waals surface area contributed by atoms with E-state index < -0.39 is 0 Å². The first-order valence-electron chi connectivity index (χ1n) is 4.93. The minimum Gasteiger partial charge on any atom is -0.381 e. The highest BCUT2D eigenvalue weighted by Gasteiger charge is 2.36. The lowest BCUT2D eigenvalue weighted by atomic mass is 9.81. The molecule has 0 spiro atoms. The van der Waals surface area contributed by atoms with E-state index in [0.717, 1.165) is 12.8 Å². The molecule has 5 heteroatoms. The molecule has 0 radical (unpaired) electrons. The first kappa shape index (κ1) is 12.4. The average Bonchev–Trinajstić information content (AvgIpc) is 2.30. The number of hydrogen-bond donors (Lipinski definition) is 2. The second-order valence-corrected chi connectivity index (χ2v) is 4.31. The number of hydrogen-bond acceptors (Lipinski definition) is 5. The van der Waals surface area contributed by atoms with E-state index in [2.05, 4.69) is 11.0 Å². The summed E-state index contributed by atoms with van der Waals surface area (Å²) in [5, 5.41) is 8.52. The van der Waals surface area contributed by atoms with Gasteiger partial charge in [-0.05, 0) is 12.8 Å². The topological polar surface area (TPSA) is 71.5 Å². The Hall–Kier alpha value is -0.650. The summed E-state index contributed by atoms with van der Waals surface area (Å²) in [4.78, 5) is 0. The van der Waals surface area contributed by atoms with E-state index in [9.17, 15) is 0 Å². The van der Waals surface area contributed by atoms with Gasteiger partial charge < -0.3 is 10.5 Å². The smallest absolute Gasteiger partial charge is 0.0945 e. The average molecular weight is 227 g/mol. The largest absolute Gasteiger partial charge is 0.381 e. The second-order valence-electron chi connectivity index (χ2n) is 3.51. The summed E-state index contributed by atoms with van der Waals surface area (Å²) in [6.45, 7) is 5.39. The Kier molecular flexibility index (Phi) is 5.01. The molecule has 84 valence electrons. The highest BCUT2D eigenvalue weighted by atomic mass is 32.2. The van der Waals surface area contributed by atoms with Gasteiger partial charge in [0.1, 0.15) is 0 Å². The number of nitrogens with one attached hydrogen (secondary N) is 1. The minimum atomic E-state index is -0.221. The van der Waals surface area contributed by atoms with Crippen LogP contribution in [0.4, 0.5) is 0 Å². The maximum atomic E-state index is 7.99. The van der Waals surface area contributed by atoms with Crippen LogP contribution in [0.25, 0.3) is 0 Å². The molecule has 1 aliphatic rings. The maximum absolute atomic E-state index is 7.99. The van der Waals surface area contributed by atoms with Crippen molar-refractivity contribution in [2.45, 2.75) is 12.8 Å². The molecule has 4 nitrogen and oxygen atoms in total. The van der Waals surface area contributed by atoms with Gasteiger partial charge in [-0.2, -0.15) is 0 Å². The van der Waals surface area contributed by atoms with Gasteiger partial charge in [-0.15, -0.1) is 0 Å². The molecule has 0 bridgehead atoms. The molecule has 1 saturated heterocycles. The van der Waals surface area contributed by atoms with Crippen molar-refractivity contribution in [3.8, 4) is 0 Å². The lowest BCUT2D eigenvalue weighted by Gasteiger charge is -2.35. The van der Waals surface area contributed by atoms with E-state index >= 15 is 0 Å². The van der Waals surface area contributed by atoms with Gasteiger partial charge in [0.2, 0.25) is 0 Å². The highest BCUT2D eigenvalue weighted by molar-refractivity contribution is 8.12. The molecule has 1 heterocycles. The van der Waals surface area contributed by atoms with E-state index in [1.165, 1.54) is 11.9 Å².